The fourth-order valence-electron chi connectivity index (χ4n) is 2.38. The van der Waals surface area contributed by atoms with Gasteiger partial charge in [-0.1, -0.05) is 0 Å². The molecular weight excluding hydrogens is 236 g/mol. The van der Waals surface area contributed by atoms with Crippen LogP contribution in [-0.2, 0) is 9.53 Å². The number of carboxylic acids is 1. The van der Waals surface area contributed by atoms with Gasteiger partial charge in [0.15, 0.2) is 0 Å². The molecule has 0 aromatic rings. The van der Waals surface area contributed by atoms with Crippen molar-refractivity contribution in [1.29, 1.82) is 0 Å². The molecule has 0 unspecified atom stereocenters. The number of hydrogen-bond donors (Lipinski definition) is 1. The van der Waals surface area contributed by atoms with E-state index in [0.29, 0.717) is 19.1 Å². The second-order valence-electron chi connectivity index (χ2n) is 5.47. The van der Waals surface area contributed by atoms with Gasteiger partial charge in [-0.25, -0.2) is 9.59 Å². The summed E-state index contributed by atoms with van der Waals surface area (Å²) in [4.78, 5) is 26.0. The summed E-state index contributed by atoms with van der Waals surface area (Å²) < 4.78 is 5.28. The Kier molecular flexibility index (Phi) is 3.47. The number of likely N-dealkylation sites (tertiary alicyclic amines) is 1. The molecule has 6 heteroatoms. The third-order valence-corrected chi connectivity index (χ3v) is 3.79. The minimum Gasteiger partial charge on any atom is -0.480 e. The second-order valence-corrected chi connectivity index (χ2v) is 5.47. The molecule has 1 heterocycles. The summed E-state index contributed by atoms with van der Waals surface area (Å²) in [7, 11) is 1.83. The summed E-state index contributed by atoms with van der Waals surface area (Å²) >= 11 is 0. The Morgan fingerprint density at radius 3 is 2.50 bits per heavy atom. The molecule has 0 spiro atoms. The standard InChI is InChI=1S/C12H20N2O4/c1-12(18-6-10(15)16)7-14(8-12)11(17)13(2)9-4-3-5-9/h9H,3-8H2,1-2H3,(H,15,16). The van der Waals surface area contributed by atoms with Crippen LogP contribution < -0.4 is 0 Å². The van der Waals surface area contributed by atoms with E-state index >= 15 is 0 Å². The number of rotatable bonds is 4. The van der Waals surface area contributed by atoms with Crippen LogP contribution in [0.2, 0.25) is 0 Å². The van der Waals surface area contributed by atoms with Crippen molar-refractivity contribution in [1.82, 2.24) is 9.80 Å². The maximum atomic E-state index is 12.1. The van der Waals surface area contributed by atoms with Crippen molar-refractivity contribution < 1.29 is 19.4 Å². The number of carboxylic acid groups (broad SMARTS) is 1. The van der Waals surface area contributed by atoms with Gasteiger partial charge in [0.1, 0.15) is 12.2 Å². The molecule has 6 nitrogen and oxygen atoms in total. The highest BCUT2D eigenvalue weighted by Crippen LogP contribution is 2.29. The first-order valence-corrected chi connectivity index (χ1v) is 6.29. The van der Waals surface area contributed by atoms with Gasteiger partial charge in [0, 0.05) is 13.1 Å². The van der Waals surface area contributed by atoms with Gasteiger partial charge in [0.2, 0.25) is 0 Å². The molecule has 1 saturated heterocycles. The van der Waals surface area contributed by atoms with Crippen molar-refractivity contribution in [3.63, 3.8) is 0 Å². The molecule has 2 rings (SSSR count). The molecule has 2 fully saturated rings. The van der Waals surface area contributed by atoms with Gasteiger partial charge in [0.05, 0.1) is 13.1 Å². The number of nitrogens with zero attached hydrogens (tertiary/aromatic N) is 2. The van der Waals surface area contributed by atoms with E-state index in [1.165, 1.54) is 6.42 Å². The lowest BCUT2D eigenvalue weighted by molar-refractivity contribution is -0.160. The van der Waals surface area contributed by atoms with Crippen LogP contribution in [0.1, 0.15) is 26.2 Å². The third kappa shape index (κ3) is 2.58. The van der Waals surface area contributed by atoms with Gasteiger partial charge in [-0.2, -0.15) is 0 Å². The molecule has 18 heavy (non-hydrogen) atoms. The number of carbonyl (C=O) groups is 2. The zero-order valence-electron chi connectivity index (χ0n) is 10.9. The predicted octanol–water partition coefficient (Wildman–Crippen LogP) is 0.766. The van der Waals surface area contributed by atoms with Crippen LogP contribution in [0.15, 0.2) is 0 Å². The minimum atomic E-state index is -0.979. The Morgan fingerprint density at radius 2 is 2.06 bits per heavy atom. The summed E-state index contributed by atoms with van der Waals surface area (Å²) in [6, 6.07) is 0.403. The van der Waals surface area contributed by atoms with Crippen molar-refractivity contribution in [3.8, 4) is 0 Å². The molecule has 0 aromatic carbocycles. The number of urea groups is 1. The van der Waals surface area contributed by atoms with Gasteiger partial charge in [-0.05, 0) is 26.2 Å². The van der Waals surface area contributed by atoms with E-state index < -0.39 is 11.6 Å². The average Bonchev–Trinajstić information content (AvgIpc) is 2.19. The van der Waals surface area contributed by atoms with Crippen molar-refractivity contribution in [2.75, 3.05) is 26.7 Å². The lowest BCUT2D eigenvalue weighted by Gasteiger charge is -2.49. The number of ether oxygens (including phenoxy) is 1. The van der Waals surface area contributed by atoms with Crippen LogP contribution in [0.4, 0.5) is 4.79 Å². The van der Waals surface area contributed by atoms with Crippen molar-refractivity contribution in [2.45, 2.75) is 37.8 Å². The van der Waals surface area contributed by atoms with Crippen LogP contribution in [0, 0.1) is 0 Å². The molecule has 1 aliphatic heterocycles. The molecule has 2 amide bonds. The van der Waals surface area contributed by atoms with Crippen LogP contribution in [-0.4, -0.2) is 65.3 Å². The topological polar surface area (TPSA) is 70.1 Å². The van der Waals surface area contributed by atoms with Gasteiger partial charge in [0.25, 0.3) is 0 Å². The largest absolute Gasteiger partial charge is 0.480 e. The number of hydrogen-bond acceptors (Lipinski definition) is 3. The Labute approximate surface area is 106 Å². The van der Waals surface area contributed by atoms with Crippen LogP contribution >= 0.6 is 0 Å². The molecule has 1 N–H and O–H groups in total. The van der Waals surface area contributed by atoms with Crippen LogP contribution in [0.25, 0.3) is 0 Å². The maximum Gasteiger partial charge on any atom is 0.329 e. The zero-order chi connectivity index (χ0) is 13.3. The Balaban J connectivity index is 1.77. The predicted molar refractivity (Wildman–Crippen MR) is 64.4 cm³/mol. The van der Waals surface area contributed by atoms with Crippen molar-refractivity contribution in [3.05, 3.63) is 0 Å². The van der Waals surface area contributed by atoms with Crippen molar-refractivity contribution in [2.24, 2.45) is 0 Å². The Bertz CT molecular complexity index is 348. The molecule has 0 aromatic heterocycles. The van der Waals surface area contributed by atoms with Crippen molar-refractivity contribution >= 4 is 12.0 Å². The molecular formula is C12H20N2O4. The normalized spacial score (nSPS) is 22.0. The highest BCUT2D eigenvalue weighted by Gasteiger charge is 2.44. The highest BCUT2D eigenvalue weighted by molar-refractivity contribution is 5.76. The number of amides is 2. The van der Waals surface area contributed by atoms with E-state index in [1.54, 1.807) is 9.80 Å². The summed E-state index contributed by atoms with van der Waals surface area (Å²) in [5.74, 6) is -0.979. The van der Waals surface area contributed by atoms with Gasteiger partial charge < -0.3 is 19.6 Å². The SMILES string of the molecule is CN(C(=O)N1CC(C)(OCC(=O)O)C1)C1CCC1. The maximum absolute atomic E-state index is 12.1. The van der Waals surface area contributed by atoms with Crippen LogP contribution in [0.3, 0.4) is 0 Å². The van der Waals surface area contributed by atoms with E-state index in [0.717, 1.165) is 12.8 Å². The molecule has 1 saturated carbocycles. The second kappa shape index (κ2) is 4.76. The Morgan fingerprint density at radius 1 is 1.44 bits per heavy atom. The first kappa shape index (κ1) is 13.1. The summed E-state index contributed by atoms with van der Waals surface area (Å²) in [5.41, 5.74) is -0.505. The zero-order valence-corrected chi connectivity index (χ0v) is 10.9. The molecule has 1 aliphatic carbocycles. The fraction of sp³-hybridized carbons (Fsp3) is 0.833. The molecule has 0 atom stereocenters. The minimum absolute atomic E-state index is 0.0242. The highest BCUT2D eigenvalue weighted by atomic mass is 16.5. The molecule has 0 bridgehead atoms. The first-order valence-electron chi connectivity index (χ1n) is 6.29. The monoisotopic (exact) mass is 256 g/mol. The van der Waals surface area contributed by atoms with Gasteiger partial charge in [-0.3, -0.25) is 0 Å². The van der Waals surface area contributed by atoms with E-state index in [-0.39, 0.29) is 12.6 Å². The van der Waals surface area contributed by atoms with Crippen LogP contribution in [0.5, 0.6) is 0 Å². The lowest BCUT2D eigenvalue weighted by atomic mass is 9.91. The Hall–Kier alpha value is -1.30. The fourth-order valence-corrected chi connectivity index (χ4v) is 2.38. The van der Waals surface area contributed by atoms with E-state index in [2.05, 4.69) is 0 Å². The molecule has 2 aliphatic rings. The third-order valence-electron chi connectivity index (χ3n) is 3.79. The van der Waals surface area contributed by atoms with Gasteiger partial charge in [-0.15, -0.1) is 0 Å². The lowest BCUT2D eigenvalue weighted by Crippen LogP contribution is -2.66. The smallest absolute Gasteiger partial charge is 0.329 e. The average molecular weight is 256 g/mol. The van der Waals surface area contributed by atoms with Gasteiger partial charge >= 0.3 is 12.0 Å². The number of aliphatic carboxylic acids is 1. The van der Waals surface area contributed by atoms with E-state index in [9.17, 15) is 9.59 Å². The number of carbonyl (C=O) groups excluding carboxylic acids is 1. The summed E-state index contributed by atoms with van der Waals surface area (Å²) in [5, 5.41) is 8.56. The first-order chi connectivity index (χ1) is 8.41. The molecule has 102 valence electrons. The molecule has 0 radical (unpaired) electrons. The van der Waals surface area contributed by atoms with E-state index in [1.807, 2.05) is 14.0 Å². The van der Waals surface area contributed by atoms with E-state index in [4.69, 9.17) is 9.84 Å². The quantitative estimate of drug-likeness (QED) is 0.806. The summed E-state index contributed by atoms with van der Waals surface area (Å²) in [6.45, 7) is 2.46. The summed E-state index contributed by atoms with van der Waals surface area (Å²) in [6.07, 6.45) is 3.37.